The number of nitrogens with one attached hydrogen (secondary N) is 2. The van der Waals surface area contributed by atoms with Gasteiger partial charge in [0.05, 0.1) is 11.8 Å². The number of benzene rings is 1. The molecule has 2 N–H and O–H groups in total. The Morgan fingerprint density at radius 1 is 1.08 bits per heavy atom. The van der Waals surface area contributed by atoms with E-state index in [-0.39, 0.29) is 5.69 Å². The van der Waals surface area contributed by atoms with Gasteiger partial charge < -0.3 is 5.32 Å². The highest BCUT2D eigenvalue weighted by Gasteiger charge is 2.30. The van der Waals surface area contributed by atoms with Crippen molar-refractivity contribution in [3.05, 3.63) is 59.9 Å². The van der Waals surface area contributed by atoms with Gasteiger partial charge in [-0.15, -0.1) is 0 Å². The van der Waals surface area contributed by atoms with E-state index in [2.05, 4.69) is 15.4 Å². The maximum absolute atomic E-state index is 12.6. The number of hydrogen-bond acceptors (Lipinski definition) is 4. The molecule has 0 saturated carbocycles. The van der Waals surface area contributed by atoms with Crippen molar-refractivity contribution in [2.75, 3.05) is 5.32 Å². The third-order valence-electron chi connectivity index (χ3n) is 2.74. The lowest BCUT2D eigenvalue weighted by atomic mass is 10.2. The molecule has 0 atom stereocenters. The average Bonchev–Trinajstić information content (AvgIpc) is 2.55. The molecule has 0 radical (unpaired) electrons. The molecule has 6 nitrogen and oxygen atoms in total. The lowest BCUT2D eigenvalue weighted by Gasteiger charge is -2.09. The first kappa shape index (κ1) is 17.1. The van der Waals surface area contributed by atoms with Crippen molar-refractivity contribution < 1.29 is 22.8 Å². The number of anilines is 1. The molecule has 0 bridgehead atoms. The fourth-order valence-corrected chi connectivity index (χ4v) is 1.63. The largest absolute Gasteiger partial charge is 0.416 e. The third-order valence-corrected chi connectivity index (χ3v) is 2.74. The number of carbonyl (C=O) groups excluding carboxylic acids is 2. The highest BCUT2D eigenvalue weighted by molar-refractivity contribution is 6.39. The molecule has 2 amide bonds. The summed E-state index contributed by atoms with van der Waals surface area (Å²) >= 11 is 0. The summed E-state index contributed by atoms with van der Waals surface area (Å²) in [6, 6.07) is 7.19. The first-order chi connectivity index (χ1) is 11.4. The van der Waals surface area contributed by atoms with Crippen molar-refractivity contribution >= 4 is 23.7 Å². The topological polar surface area (TPSA) is 83.5 Å². The van der Waals surface area contributed by atoms with Gasteiger partial charge in [0.25, 0.3) is 0 Å². The predicted octanol–water partition coefficient (Wildman–Crippen LogP) is 2.19. The van der Waals surface area contributed by atoms with E-state index in [4.69, 9.17) is 0 Å². The Balaban J connectivity index is 1.95. The number of nitrogens with zero attached hydrogens (tertiary/aromatic N) is 2. The highest BCUT2D eigenvalue weighted by atomic mass is 19.4. The van der Waals surface area contributed by atoms with Crippen LogP contribution in [0.15, 0.2) is 53.9 Å². The van der Waals surface area contributed by atoms with Gasteiger partial charge in [0.15, 0.2) is 0 Å². The number of hydrogen-bond donors (Lipinski definition) is 2. The van der Waals surface area contributed by atoms with Crippen LogP contribution < -0.4 is 10.7 Å². The van der Waals surface area contributed by atoms with E-state index in [0.29, 0.717) is 5.56 Å². The lowest BCUT2D eigenvalue weighted by molar-refractivity contribution is -0.137. The average molecular weight is 336 g/mol. The molecular weight excluding hydrogens is 325 g/mol. The van der Waals surface area contributed by atoms with Crippen LogP contribution in [0.25, 0.3) is 0 Å². The number of rotatable bonds is 3. The van der Waals surface area contributed by atoms with E-state index < -0.39 is 23.6 Å². The molecule has 0 unspecified atom stereocenters. The van der Waals surface area contributed by atoms with Crippen LogP contribution in [0.5, 0.6) is 0 Å². The zero-order valence-electron chi connectivity index (χ0n) is 12.0. The molecule has 2 rings (SSSR count). The van der Waals surface area contributed by atoms with Crippen molar-refractivity contribution in [3.8, 4) is 0 Å². The first-order valence-corrected chi connectivity index (χ1v) is 6.58. The maximum Gasteiger partial charge on any atom is 0.416 e. The molecule has 0 saturated heterocycles. The summed E-state index contributed by atoms with van der Waals surface area (Å²) in [5, 5.41) is 5.64. The fourth-order valence-electron chi connectivity index (χ4n) is 1.63. The van der Waals surface area contributed by atoms with Gasteiger partial charge in [0, 0.05) is 18.1 Å². The molecule has 124 valence electrons. The summed E-state index contributed by atoms with van der Waals surface area (Å²) in [6.07, 6.45) is -0.220. The van der Waals surface area contributed by atoms with Crippen LogP contribution in [0, 0.1) is 0 Å². The number of aromatic nitrogens is 1. The van der Waals surface area contributed by atoms with Crippen LogP contribution in [-0.2, 0) is 15.8 Å². The minimum absolute atomic E-state index is 0.150. The summed E-state index contributed by atoms with van der Waals surface area (Å²) in [5.74, 6) is -2.25. The summed E-state index contributed by atoms with van der Waals surface area (Å²) < 4.78 is 37.7. The Hall–Kier alpha value is -3.23. The maximum atomic E-state index is 12.6. The Bertz CT molecular complexity index is 761. The predicted molar refractivity (Wildman–Crippen MR) is 80.0 cm³/mol. The quantitative estimate of drug-likeness (QED) is 0.512. The van der Waals surface area contributed by atoms with Crippen molar-refractivity contribution in [1.29, 1.82) is 0 Å². The van der Waals surface area contributed by atoms with Gasteiger partial charge in [-0.3, -0.25) is 14.6 Å². The number of halogens is 3. The summed E-state index contributed by atoms with van der Waals surface area (Å²) in [5.41, 5.74) is 1.53. The van der Waals surface area contributed by atoms with E-state index in [1.54, 1.807) is 12.1 Å². The molecule has 0 aliphatic carbocycles. The number of alkyl halides is 3. The fraction of sp³-hybridized carbons (Fsp3) is 0.0667. The van der Waals surface area contributed by atoms with Gasteiger partial charge in [-0.25, -0.2) is 5.43 Å². The molecule has 0 aliphatic rings. The van der Waals surface area contributed by atoms with Gasteiger partial charge >= 0.3 is 18.0 Å². The molecule has 1 aromatic heterocycles. The van der Waals surface area contributed by atoms with E-state index in [1.165, 1.54) is 24.7 Å². The highest BCUT2D eigenvalue weighted by Crippen LogP contribution is 2.30. The van der Waals surface area contributed by atoms with Gasteiger partial charge in [-0.1, -0.05) is 6.07 Å². The van der Waals surface area contributed by atoms with E-state index in [9.17, 15) is 22.8 Å². The Morgan fingerprint density at radius 3 is 2.46 bits per heavy atom. The van der Waals surface area contributed by atoms with Crippen LogP contribution >= 0.6 is 0 Å². The molecule has 0 fully saturated rings. The second kappa shape index (κ2) is 7.36. The summed E-state index contributed by atoms with van der Waals surface area (Å²) in [6.45, 7) is 0. The Kier molecular flexibility index (Phi) is 5.25. The van der Waals surface area contributed by atoms with Crippen molar-refractivity contribution in [3.63, 3.8) is 0 Å². The van der Waals surface area contributed by atoms with Crippen LogP contribution in [0.4, 0.5) is 18.9 Å². The number of amides is 2. The van der Waals surface area contributed by atoms with Gasteiger partial charge in [0.1, 0.15) is 0 Å². The zero-order valence-corrected chi connectivity index (χ0v) is 12.0. The Labute approximate surface area is 134 Å². The van der Waals surface area contributed by atoms with Gasteiger partial charge in [0.2, 0.25) is 0 Å². The normalized spacial score (nSPS) is 11.3. The smallest absolute Gasteiger partial charge is 0.318 e. The van der Waals surface area contributed by atoms with E-state index in [0.717, 1.165) is 18.2 Å². The molecule has 0 spiro atoms. The van der Waals surface area contributed by atoms with Crippen LogP contribution in [0.1, 0.15) is 11.1 Å². The number of carbonyl (C=O) groups is 2. The standard InChI is InChI=1S/C15H11F3N4O2/c16-15(17,18)11-2-1-3-12(8-11)21-13(23)14(24)22-20-9-10-4-6-19-7-5-10/h1-9H,(H,21,23)(H,22,24). The van der Waals surface area contributed by atoms with Crippen molar-refractivity contribution in [2.24, 2.45) is 5.10 Å². The molecule has 24 heavy (non-hydrogen) atoms. The van der Waals surface area contributed by atoms with Crippen LogP contribution in [0.2, 0.25) is 0 Å². The van der Waals surface area contributed by atoms with Gasteiger partial charge in [-0.05, 0) is 35.9 Å². The monoisotopic (exact) mass is 336 g/mol. The SMILES string of the molecule is O=C(NN=Cc1ccncc1)C(=O)Nc1cccc(C(F)(F)F)c1. The second-order valence-electron chi connectivity index (χ2n) is 4.51. The lowest BCUT2D eigenvalue weighted by Crippen LogP contribution is -2.32. The third kappa shape index (κ3) is 4.90. The Morgan fingerprint density at radius 2 is 1.79 bits per heavy atom. The molecule has 2 aromatic rings. The minimum Gasteiger partial charge on any atom is -0.318 e. The summed E-state index contributed by atoms with van der Waals surface area (Å²) in [4.78, 5) is 27.0. The van der Waals surface area contributed by atoms with Crippen LogP contribution in [0.3, 0.4) is 0 Å². The van der Waals surface area contributed by atoms with Crippen molar-refractivity contribution in [1.82, 2.24) is 10.4 Å². The van der Waals surface area contributed by atoms with E-state index in [1.807, 2.05) is 5.43 Å². The summed E-state index contributed by atoms with van der Waals surface area (Å²) in [7, 11) is 0. The first-order valence-electron chi connectivity index (χ1n) is 6.58. The van der Waals surface area contributed by atoms with Crippen molar-refractivity contribution in [2.45, 2.75) is 6.18 Å². The second-order valence-corrected chi connectivity index (χ2v) is 4.51. The van der Waals surface area contributed by atoms with Crippen LogP contribution in [-0.4, -0.2) is 23.0 Å². The van der Waals surface area contributed by atoms with Gasteiger partial charge in [-0.2, -0.15) is 18.3 Å². The molecule has 1 heterocycles. The van der Waals surface area contributed by atoms with E-state index >= 15 is 0 Å². The minimum atomic E-state index is -4.54. The molecule has 0 aliphatic heterocycles. The molecular formula is C15H11F3N4O2. The zero-order chi connectivity index (χ0) is 17.6. The number of hydrazone groups is 1. The molecule has 9 heteroatoms. The molecule has 1 aromatic carbocycles. The number of pyridine rings is 1.